The molecule has 0 unspecified atom stereocenters. The lowest BCUT2D eigenvalue weighted by Crippen LogP contribution is -2.35. The van der Waals surface area contributed by atoms with Crippen LogP contribution in [0, 0.1) is 5.82 Å². The topological polar surface area (TPSA) is 46.3 Å². The van der Waals surface area contributed by atoms with Crippen LogP contribution in [0.3, 0.4) is 0 Å². The van der Waals surface area contributed by atoms with E-state index in [1.54, 1.807) is 36.4 Å². The van der Waals surface area contributed by atoms with Gasteiger partial charge in [-0.05, 0) is 30.3 Å². The molecule has 2 rings (SSSR count). The van der Waals surface area contributed by atoms with Gasteiger partial charge in [-0.1, -0.05) is 24.3 Å². The van der Waals surface area contributed by atoms with Gasteiger partial charge in [0.15, 0.2) is 0 Å². The molecule has 0 aliphatic heterocycles. The maximum absolute atomic E-state index is 13.3. The van der Waals surface area contributed by atoms with Gasteiger partial charge in [0.05, 0.1) is 0 Å². The van der Waals surface area contributed by atoms with Gasteiger partial charge < -0.3 is 10.6 Å². The Morgan fingerprint density at radius 3 is 2.47 bits per heavy atom. The van der Waals surface area contributed by atoms with E-state index in [1.165, 1.54) is 17.0 Å². The van der Waals surface area contributed by atoms with Crippen molar-refractivity contribution in [3.8, 4) is 0 Å². The Bertz CT molecular complexity index is 557. The molecule has 1 amide bonds. The third kappa shape index (κ3) is 3.17. The zero-order chi connectivity index (χ0) is 13.7. The molecule has 0 atom stereocenters. The van der Waals surface area contributed by atoms with Crippen molar-refractivity contribution in [3.63, 3.8) is 0 Å². The number of rotatable bonds is 4. The lowest BCUT2D eigenvalue weighted by Gasteiger charge is -2.22. The molecule has 0 radical (unpaired) electrons. The molecule has 2 aromatic rings. The van der Waals surface area contributed by atoms with Crippen LogP contribution in [0.15, 0.2) is 54.6 Å². The van der Waals surface area contributed by atoms with E-state index in [1.807, 2.05) is 6.07 Å². The van der Waals surface area contributed by atoms with Crippen LogP contribution in [0.4, 0.5) is 10.1 Å². The first-order valence-corrected chi connectivity index (χ1v) is 6.05. The van der Waals surface area contributed by atoms with Gasteiger partial charge in [-0.25, -0.2) is 4.39 Å². The molecule has 2 N–H and O–H groups in total. The highest BCUT2D eigenvalue weighted by atomic mass is 19.1. The highest BCUT2D eigenvalue weighted by Gasteiger charge is 2.16. The van der Waals surface area contributed by atoms with E-state index >= 15 is 0 Å². The molecule has 0 saturated carbocycles. The second-order valence-corrected chi connectivity index (χ2v) is 4.09. The number of carbonyl (C=O) groups excluding carboxylic acids is 1. The molecule has 4 heteroatoms. The molecular formula is C15H15FN2O. The Kier molecular flexibility index (Phi) is 4.26. The largest absolute Gasteiger partial charge is 0.329 e. The van der Waals surface area contributed by atoms with Gasteiger partial charge in [0.2, 0.25) is 0 Å². The molecule has 0 fully saturated rings. The number of hydrogen-bond acceptors (Lipinski definition) is 2. The number of carbonyl (C=O) groups is 1. The van der Waals surface area contributed by atoms with Crippen LogP contribution >= 0.6 is 0 Å². The lowest BCUT2D eigenvalue weighted by molar-refractivity contribution is 0.0987. The first-order chi connectivity index (χ1) is 9.22. The molecular weight excluding hydrogens is 243 g/mol. The molecule has 2 aromatic carbocycles. The summed E-state index contributed by atoms with van der Waals surface area (Å²) in [5.41, 5.74) is 6.60. The molecule has 0 aliphatic carbocycles. The van der Waals surface area contributed by atoms with E-state index < -0.39 is 0 Å². The molecule has 98 valence electrons. The lowest BCUT2D eigenvalue weighted by atomic mass is 10.2. The molecule has 0 saturated heterocycles. The van der Waals surface area contributed by atoms with Crippen molar-refractivity contribution in [2.45, 2.75) is 0 Å². The molecule has 0 bridgehead atoms. The molecule has 0 aliphatic rings. The number of amides is 1. The van der Waals surface area contributed by atoms with E-state index in [0.29, 0.717) is 24.3 Å². The van der Waals surface area contributed by atoms with Gasteiger partial charge >= 0.3 is 0 Å². The number of anilines is 1. The van der Waals surface area contributed by atoms with E-state index in [9.17, 15) is 9.18 Å². The smallest absolute Gasteiger partial charge is 0.258 e. The molecule has 3 nitrogen and oxygen atoms in total. The number of hydrogen-bond donors (Lipinski definition) is 1. The predicted molar refractivity (Wildman–Crippen MR) is 73.6 cm³/mol. The van der Waals surface area contributed by atoms with Crippen molar-refractivity contribution in [2.24, 2.45) is 5.73 Å². The van der Waals surface area contributed by atoms with Gasteiger partial charge in [-0.3, -0.25) is 4.79 Å². The quantitative estimate of drug-likeness (QED) is 0.915. The van der Waals surface area contributed by atoms with E-state index in [4.69, 9.17) is 5.73 Å². The minimum absolute atomic E-state index is 0.184. The average molecular weight is 258 g/mol. The maximum atomic E-state index is 13.3. The van der Waals surface area contributed by atoms with Gasteiger partial charge in [-0.15, -0.1) is 0 Å². The predicted octanol–water partition coefficient (Wildman–Crippen LogP) is 2.43. The fourth-order valence-electron chi connectivity index (χ4n) is 1.86. The molecule has 0 spiro atoms. The Morgan fingerprint density at radius 1 is 1.11 bits per heavy atom. The summed E-state index contributed by atoms with van der Waals surface area (Å²) in [4.78, 5) is 13.9. The number of benzene rings is 2. The Morgan fingerprint density at radius 2 is 1.84 bits per heavy atom. The van der Waals surface area contributed by atoms with Crippen molar-refractivity contribution in [1.29, 1.82) is 0 Å². The fraction of sp³-hybridized carbons (Fsp3) is 0.133. The van der Waals surface area contributed by atoms with Crippen LogP contribution in [0.25, 0.3) is 0 Å². The van der Waals surface area contributed by atoms with Gasteiger partial charge in [0.1, 0.15) is 5.82 Å². The molecule has 19 heavy (non-hydrogen) atoms. The highest BCUT2D eigenvalue weighted by Crippen LogP contribution is 2.18. The van der Waals surface area contributed by atoms with Crippen molar-refractivity contribution in [1.82, 2.24) is 0 Å². The normalized spacial score (nSPS) is 10.2. The third-order valence-electron chi connectivity index (χ3n) is 2.74. The summed E-state index contributed by atoms with van der Waals surface area (Å²) in [6.45, 7) is 0.659. The second kappa shape index (κ2) is 6.11. The van der Waals surface area contributed by atoms with Crippen LogP contribution in [0.5, 0.6) is 0 Å². The van der Waals surface area contributed by atoms with Gasteiger partial charge in [-0.2, -0.15) is 0 Å². The number of nitrogens with two attached hydrogens (primary N) is 1. The number of halogens is 1. The van der Waals surface area contributed by atoms with E-state index in [0.717, 1.165) is 0 Å². The summed E-state index contributed by atoms with van der Waals surface area (Å²) in [6.07, 6.45) is 0. The van der Waals surface area contributed by atoms with Crippen molar-refractivity contribution >= 4 is 11.6 Å². The number of nitrogens with zero attached hydrogens (tertiary/aromatic N) is 1. The second-order valence-electron chi connectivity index (χ2n) is 4.09. The summed E-state index contributed by atoms with van der Waals surface area (Å²) < 4.78 is 13.3. The maximum Gasteiger partial charge on any atom is 0.258 e. The molecule has 0 heterocycles. The average Bonchev–Trinajstić information content (AvgIpc) is 2.45. The van der Waals surface area contributed by atoms with E-state index in [2.05, 4.69) is 0 Å². The van der Waals surface area contributed by atoms with Gasteiger partial charge in [0.25, 0.3) is 5.91 Å². The minimum Gasteiger partial charge on any atom is -0.329 e. The Labute approximate surface area is 111 Å². The summed E-state index contributed by atoms with van der Waals surface area (Å²) in [5.74, 6) is -0.558. The van der Waals surface area contributed by atoms with Crippen molar-refractivity contribution in [3.05, 3.63) is 66.0 Å². The van der Waals surface area contributed by atoms with Crippen LogP contribution in [0.1, 0.15) is 10.4 Å². The monoisotopic (exact) mass is 258 g/mol. The summed E-state index contributed by atoms with van der Waals surface area (Å²) in [5, 5.41) is 0. The first kappa shape index (κ1) is 13.2. The highest BCUT2D eigenvalue weighted by molar-refractivity contribution is 6.06. The van der Waals surface area contributed by atoms with Crippen molar-refractivity contribution in [2.75, 3.05) is 18.0 Å². The zero-order valence-electron chi connectivity index (χ0n) is 10.4. The Balaban J connectivity index is 2.33. The fourth-order valence-corrected chi connectivity index (χ4v) is 1.86. The van der Waals surface area contributed by atoms with Gasteiger partial charge in [0, 0.05) is 24.3 Å². The minimum atomic E-state index is -0.375. The van der Waals surface area contributed by atoms with Crippen molar-refractivity contribution < 1.29 is 9.18 Å². The summed E-state index contributed by atoms with van der Waals surface area (Å²) >= 11 is 0. The summed E-state index contributed by atoms with van der Waals surface area (Å²) in [7, 11) is 0. The molecule has 0 aromatic heterocycles. The summed E-state index contributed by atoms with van der Waals surface area (Å²) in [6, 6.07) is 14.8. The zero-order valence-corrected chi connectivity index (χ0v) is 10.4. The van der Waals surface area contributed by atoms with Crippen LogP contribution < -0.4 is 10.6 Å². The van der Waals surface area contributed by atoms with Crippen LogP contribution in [-0.4, -0.2) is 19.0 Å². The SMILES string of the molecule is NCCN(C(=O)c1ccccc1)c1cccc(F)c1. The Hall–Kier alpha value is -2.20. The van der Waals surface area contributed by atoms with Crippen LogP contribution in [-0.2, 0) is 0 Å². The van der Waals surface area contributed by atoms with Crippen LogP contribution in [0.2, 0.25) is 0 Å². The first-order valence-electron chi connectivity index (χ1n) is 6.05. The van der Waals surface area contributed by atoms with E-state index in [-0.39, 0.29) is 11.7 Å². The third-order valence-corrected chi connectivity index (χ3v) is 2.74. The standard InChI is InChI=1S/C15H15FN2O/c16-13-7-4-8-14(11-13)18(10-9-17)15(19)12-5-2-1-3-6-12/h1-8,11H,9-10,17H2.